The van der Waals surface area contributed by atoms with Crippen LogP contribution in [0.15, 0.2) is 47.6 Å². The van der Waals surface area contributed by atoms with Crippen LogP contribution in [-0.2, 0) is 13.0 Å². The van der Waals surface area contributed by atoms with E-state index in [1.54, 1.807) is 24.4 Å². The van der Waals surface area contributed by atoms with Gasteiger partial charge in [-0.1, -0.05) is 29.8 Å². The summed E-state index contributed by atoms with van der Waals surface area (Å²) < 4.78 is 13.1. The summed E-state index contributed by atoms with van der Waals surface area (Å²) in [5, 5.41) is 6.89. The van der Waals surface area contributed by atoms with Gasteiger partial charge in [0, 0.05) is 19.3 Å². The summed E-state index contributed by atoms with van der Waals surface area (Å²) >= 11 is 5.76. The van der Waals surface area contributed by atoms with Crippen LogP contribution in [-0.4, -0.2) is 24.0 Å². The zero-order chi connectivity index (χ0) is 16.5. The Morgan fingerprint density at radius 1 is 1.21 bits per heavy atom. The number of pyridine rings is 1. The molecule has 1 aromatic heterocycles. The van der Waals surface area contributed by atoms with Crippen LogP contribution in [0.3, 0.4) is 0 Å². The number of guanidine groups is 1. The summed E-state index contributed by atoms with van der Waals surface area (Å²) in [5.41, 5.74) is 1.94. The quantitative estimate of drug-likeness (QED) is 0.297. The van der Waals surface area contributed by atoms with Crippen molar-refractivity contribution in [2.24, 2.45) is 4.99 Å². The van der Waals surface area contributed by atoms with Crippen LogP contribution in [0.1, 0.15) is 18.1 Å². The smallest absolute Gasteiger partial charge is 0.191 e. The molecule has 2 N–H and O–H groups in total. The lowest BCUT2D eigenvalue weighted by Gasteiger charge is -2.11. The van der Waals surface area contributed by atoms with Gasteiger partial charge in [-0.05, 0) is 42.7 Å². The summed E-state index contributed by atoms with van der Waals surface area (Å²) in [6.07, 6.45) is 2.44. The van der Waals surface area contributed by atoms with E-state index < -0.39 is 0 Å². The largest absolute Gasteiger partial charge is 0.357 e. The first-order valence-corrected chi connectivity index (χ1v) is 7.92. The molecule has 0 fully saturated rings. The van der Waals surface area contributed by atoms with Crippen LogP contribution < -0.4 is 10.6 Å². The molecular weight excluding hydrogens is 442 g/mol. The van der Waals surface area contributed by atoms with Crippen LogP contribution in [0, 0.1) is 5.82 Å². The molecule has 0 atom stereocenters. The molecule has 130 valence electrons. The third kappa shape index (κ3) is 7.44. The number of aromatic nitrogens is 1. The van der Waals surface area contributed by atoms with Crippen LogP contribution in [0.4, 0.5) is 4.39 Å². The second-order valence-electron chi connectivity index (χ2n) is 4.99. The monoisotopic (exact) mass is 462 g/mol. The van der Waals surface area contributed by atoms with E-state index in [9.17, 15) is 4.39 Å². The molecule has 2 aromatic rings. The first-order chi connectivity index (χ1) is 11.2. The molecule has 0 unspecified atom stereocenters. The third-order valence-electron chi connectivity index (χ3n) is 3.15. The SMILES string of the molecule is CCNC(=NCc1ccc(Cl)nc1)NCCc1cccc(F)c1.I. The van der Waals surface area contributed by atoms with Crippen molar-refractivity contribution in [1.29, 1.82) is 0 Å². The van der Waals surface area contributed by atoms with Gasteiger partial charge in [0.2, 0.25) is 0 Å². The molecule has 0 saturated carbocycles. The number of hydrogen-bond acceptors (Lipinski definition) is 2. The summed E-state index contributed by atoms with van der Waals surface area (Å²) in [4.78, 5) is 8.53. The fourth-order valence-electron chi connectivity index (χ4n) is 2.03. The highest BCUT2D eigenvalue weighted by Gasteiger charge is 2.00. The van der Waals surface area contributed by atoms with Gasteiger partial charge in [-0.3, -0.25) is 0 Å². The molecule has 1 heterocycles. The summed E-state index contributed by atoms with van der Waals surface area (Å²) in [5.74, 6) is 0.511. The Labute approximate surface area is 164 Å². The van der Waals surface area contributed by atoms with E-state index >= 15 is 0 Å². The average molecular weight is 463 g/mol. The van der Waals surface area contributed by atoms with Crippen molar-refractivity contribution in [3.63, 3.8) is 0 Å². The van der Waals surface area contributed by atoms with Gasteiger partial charge in [0.25, 0.3) is 0 Å². The lowest BCUT2D eigenvalue weighted by molar-refractivity contribution is 0.625. The van der Waals surface area contributed by atoms with Crippen LogP contribution in [0.5, 0.6) is 0 Å². The Morgan fingerprint density at radius 3 is 2.71 bits per heavy atom. The first kappa shape index (κ1) is 20.6. The van der Waals surface area contributed by atoms with Gasteiger partial charge < -0.3 is 10.6 Å². The topological polar surface area (TPSA) is 49.3 Å². The number of nitrogens with one attached hydrogen (secondary N) is 2. The molecule has 0 aliphatic rings. The lowest BCUT2D eigenvalue weighted by atomic mass is 10.1. The molecule has 1 aromatic carbocycles. The molecule has 0 spiro atoms. The fraction of sp³-hybridized carbons (Fsp3) is 0.294. The molecule has 24 heavy (non-hydrogen) atoms. The number of benzene rings is 1. The Balaban J connectivity index is 0.00000288. The normalized spacial score (nSPS) is 10.9. The van der Waals surface area contributed by atoms with Crippen LogP contribution in [0.25, 0.3) is 0 Å². The highest BCUT2D eigenvalue weighted by atomic mass is 127. The number of nitrogens with zero attached hydrogens (tertiary/aromatic N) is 2. The highest BCUT2D eigenvalue weighted by Crippen LogP contribution is 2.06. The van der Waals surface area contributed by atoms with Gasteiger partial charge in [-0.2, -0.15) is 0 Å². The number of rotatable bonds is 6. The van der Waals surface area contributed by atoms with E-state index in [0.717, 1.165) is 30.1 Å². The van der Waals surface area contributed by atoms with Crippen molar-refractivity contribution in [2.75, 3.05) is 13.1 Å². The third-order valence-corrected chi connectivity index (χ3v) is 3.37. The number of aliphatic imine (C=N–C) groups is 1. The van der Waals surface area contributed by atoms with E-state index in [1.807, 2.05) is 19.1 Å². The van der Waals surface area contributed by atoms with Gasteiger partial charge in [-0.15, -0.1) is 24.0 Å². The molecule has 0 saturated heterocycles. The Morgan fingerprint density at radius 2 is 2.04 bits per heavy atom. The Kier molecular flexibility index (Phi) is 9.63. The number of halogens is 3. The van der Waals surface area contributed by atoms with Crippen molar-refractivity contribution in [2.45, 2.75) is 19.9 Å². The maximum atomic E-state index is 13.1. The second kappa shape index (κ2) is 11.2. The molecule has 0 aliphatic heterocycles. The van der Waals surface area contributed by atoms with Gasteiger partial charge in [-0.25, -0.2) is 14.4 Å². The molecule has 2 rings (SSSR count). The molecule has 0 amide bonds. The van der Waals surface area contributed by atoms with Crippen molar-refractivity contribution in [3.8, 4) is 0 Å². The molecule has 0 bridgehead atoms. The molecule has 0 aliphatic carbocycles. The van der Waals surface area contributed by atoms with Crippen molar-refractivity contribution in [1.82, 2.24) is 15.6 Å². The molecular formula is C17H21ClFIN4. The minimum atomic E-state index is -0.210. The average Bonchev–Trinajstić information content (AvgIpc) is 2.54. The van der Waals surface area contributed by atoms with E-state index in [4.69, 9.17) is 11.6 Å². The Hall–Kier alpha value is -1.41. The predicted molar refractivity (Wildman–Crippen MR) is 108 cm³/mol. The predicted octanol–water partition coefficient (Wildman–Crippen LogP) is 3.79. The lowest BCUT2D eigenvalue weighted by Crippen LogP contribution is -2.38. The van der Waals surface area contributed by atoms with Crippen molar-refractivity contribution >= 4 is 41.5 Å². The summed E-state index contributed by atoms with van der Waals surface area (Å²) in [6.45, 7) is 3.96. The van der Waals surface area contributed by atoms with Gasteiger partial charge in [0.15, 0.2) is 5.96 Å². The molecule has 4 nitrogen and oxygen atoms in total. The fourth-order valence-corrected chi connectivity index (χ4v) is 2.14. The van der Waals surface area contributed by atoms with Gasteiger partial charge >= 0.3 is 0 Å². The maximum absolute atomic E-state index is 13.1. The minimum Gasteiger partial charge on any atom is -0.357 e. The van der Waals surface area contributed by atoms with Crippen molar-refractivity contribution < 1.29 is 4.39 Å². The van der Waals surface area contributed by atoms with E-state index in [2.05, 4.69) is 20.6 Å². The minimum absolute atomic E-state index is 0. The van der Waals surface area contributed by atoms with Crippen molar-refractivity contribution in [3.05, 3.63) is 64.7 Å². The van der Waals surface area contributed by atoms with E-state index in [0.29, 0.717) is 18.2 Å². The van der Waals surface area contributed by atoms with E-state index in [-0.39, 0.29) is 29.8 Å². The van der Waals surface area contributed by atoms with Crippen LogP contribution in [0.2, 0.25) is 5.15 Å². The maximum Gasteiger partial charge on any atom is 0.191 e. The standard InChI is InChI=1S/C17H20ClFN4.HI/c1-2-20-17(23-12-14-6-7-16(18)22-11-14)21-9-8-13-4-3-5-15(19)10-13;/h3-7,10-11H,2,8-9,12H2,1H3,(H2,20,21,23);1H. The highest BCUT2D eigenvalue weighted by molar-refractivity contribution is 14.0. The summed E-state index contributed by atoms with van der Waals surface area (Å²) in [7, 11) is 0. The zero-order valence-electron chi connectivity index (χ0n) is 13.4. The first-order valence-electron chi connectivity index (χ1n) is 7.54. The van der Waals surface area contributed by atoms with Crippen LogP contribution >= 0.6 is 35.6 Å². The van der Waals surface area contributed by atoms with E-state index in [1.165, 1.54) is 6.07 Å². The number of hydrogen-bond donors (Lipinski definition) is 2. The summed E-state index contributed by atoms with van der Waals surface area (Å²) in [6, 6.07) is 10.3. The van der Waals surface area contributed by atoms with Gasteiger partial charge in [0.1, 0.15) is 11.0 Å². The second-order valence-corrected chi connectivity index (χ2v) is 5.38. The Bertz CT molecular complexity index is 649. The zero-order valence-corrected chi connectivity index (χ0v) is 16.5. The molecule has 0 radical (unpaired) electrons. The van der Waals surface area contributed by atoms with Gasteiger partial charge in [0.05, 0.1) is 6.54 Å². The molecule has 7 heteroatoms.